The Morgan fingerprint density at radius 1 is 1.22 bits per heavy atom. The minimum atomic E-state index is -4.65. The third-order valence-corrected chi connectivity index (χ3v) is 3.34. The fourth-order valence-electron chi connectivity index (χ4n) is 1.71. The van der Waals surface area contributed by atoms with E-state index in [1.54, 1.807) is 12.1 Å². The Kier molecular flexibility index (Phi) is 5.32. The van der Waals surface area contributed by atoms with E-state index >= 15 is 0 Å². The van der Waals surface area contributed by atoms with E-state index in [0.29, 0.717) is 0 Å². The molecule has 2 atom stereocenters. The summed E-state index contributed by atoms with van der Waals surface area (Å²) in [6, 6.07) is 5.87. The highest BCUT2D eigenvalue weighted by atomic mass is 35.5. The molecule has 1 aromatic rings. The topological polar surface area (TPSA) is 9.23 Å². The number of hydrogen-bond donors (Lipinski definition) is 0. The number of benzene rings is 1. The minimum Gasteiger partial charge on any atom is -0.406 e. The van der Waals surface area contributed by atoms with Gasteiger partial charge in [-0.15, -0.1) is 24.8 Å². The van der Waals surface area contributed by atoms with E-state index in [1.807, 2.05) is 13.8 Å². The lowest BCUT2D eigenvalue weighted by atomic mass is 9.95. The Morgan fingerprint density at radius 2 is 1.78 bits per heavy atom. The van der Waals surface area contributed by atoms with Crippen molar-refractivity contribution in [1.29, 1.82) is 0 Å². The third-order valence-electron chi connectivity index (χ3n) is 2.75. The first kappa shape index (κ1) is 15.2. The largest absolute Gasteiger partial charge is 0.573 e. The van der Waals surface area contributed by atoms with E-state index in [2.05, 4.69) is 4.74 Å². The zero-order chi connectivity index (χ0) is 13.8. The normalized spacial score (nSPS) is 15.2. The fraction of sp³-hybridized carbons (Fsp3) is 0.538. The van der Waals surface area contributed by atoms with E-state index < -0.39 is 6.36 Å². The molecule has 0 heterocycles. The second-order valence-corrected chi connectivity index (χ2v) is 4.77. The number of hydrogen-bond acceptors (Lipinski definition) is 1. The molecule has 0 saturated heterocycles. The highest BCUT2D eigenvalue weighted by molar-refractivity contribution is 6.21. The summed E-state index contributed by atoms with van der Waals surface area (Å²) in [7, 11) is 0. The van der Waals surface area contributed by atoms with Crippen molar-refractivity contribution in [3.63, 3.8) is 0 Å². The van der Waals surface area contributed by atoms with Crippen LogP contribution in [0.5, 0.6) is 5.75 Å². The molecule has 5 heteroatoms. The van der Waals surface area contributed by atoms with Gasteiger partial charge in [-0.2, -0.15) is 0 Å². The van der Waals surface area contributed by atoms with Gasteiger partial charge >= 0.3 is 6.36 Å². The lowest BCUT2D eigenvalue weighted by molar-refractivity contribution is -0.274. The second-order valence-electron chi connectivity index (χ2n) is 4.21. The summed E-state index contributed by atoms with van der Waals surface area (Å²) >= 11 is 6.20. The van der Waals surface area contributed by atoms with Crippen molar-refractivity contribution in [3.05, 3.63) is 29.8 Å². The highest BCUT2D eigenvalue weighted by Crippen LogP contribution is 2.29. The van der Waals surface area contributed by atoms with Crippen molar-refractivity contribution >= 4 is 11.6 Å². The van der Waals surface area contributed by atoms with Crippen molar-refractivity contribution in [1.82, 2.24) is 0 Å². The zero-order valence-corrected chi connectivity index (χ0v) is 11.1. The molecule has 1 aromatic carbocycles. The van der Waals surface area contributed by atoms with Gasteiger partial charge in [0, 0.05) is 5.38 Å². The van der Waals surface area contributed by atoms with Crippen LogP contribution >= 0.6 is 11.6 Å². The first-order valence-electron chi connectivity index (χ1n) is 5.83. The van der Waals surface area contributed by atoms with E-state index in [0.717, 1.165) is 18.4 Å². The van der Waals surface area contributed by atoms with E-state index in [1.165, 1.54) is 12.1 Å². The molecule has 0 aromatic heterocycles. The van der Waals surface area contributed by atoms with Crippen LogP contribution in [0.1, 0.15) is 38.2 Å². The van der Waals surface area contributed by atoms with Crippen molar-refractivity contribution in [2.75, 3.05) is 0 Å². The number of rotatable bonds is 5. The Bertz CT molecular complexity index is 361. The van der Waals surface area contributed by atoms with Gasteiger partial charge in [-0.1, -0.05) is 32.4 Å². The molecule has 0 bridgehead atoms. The Morgan fingerprint density at radius 3 is 2.22 bits per heavy atom. The zero-order valence-electron chi connectivity index (χ0n) is 10.3. The summed E-state index contributed by atoms with van der Waals surface area (Å²) in [6.45, 7) is 4.01. The van der Waals surface area contributed by atoms with Crippen LogP contribution in [0.4, 0.5) is 13.2 Å². The van der Waals surface area contributed by atoms with Gasteiger partial charge in [-0.05, 0) is 30.0 Å². The van der Waals surface area contributed by atoms with Crippen LogP contribution in [0.15, 0.2) is 24.3 Å². The summed E-state index contributed by atoms with van der Waals surface area (Å²) in [6.07, 6.45) is -2.79. The van der Waals surface area contributed by atoms with E-state index in [9.17, 15) is 13.2 Å². The monoisotopic (exact) mass is 280 g/mol. The van der Waals surface area contributed by atoms with Gasteiger partial charge in [0.25, 0.3) is 0 Å². The summed E-state index contributed by atoms with van der Waals surface area (Å²) < 4.78 is 39.8. The van der Waals surface area contributed by atoms with Crippen LogP contribution < -0.4 is 4.74 Å². The first-order chi connectivity index (χ1) is 8.33. The number of ether oxygens (including phenoxy) is 1. The Labute approximate surface area is 110 Å². The molecule has 18 heavy (non-hydrogen) atoms. The van der Waals surface area contributed by atoms with Crippen LogP contribution in [0.2, 0.25) is 0 Å². The maximum absolute atomic E-state index is 12.0. The molecule has 2 unspecified atom stereocenters. The van der Waals surface area contributed by atoms with Gasteiger partial charge in [-0.25, -0.2) is 0 Å². The standard InChI is InChI=1S/C13H16ClF3O/c1-3-4-12(14)9(2)10-5-7-11(8-6-10)18-13(15,16)17/h5-9,12H,3-4H2,1-2H3. The summed E-state index contributed by atoms with van der Waals surface area (Å²) in [4.78, 5) is 0. The van der Waals surface area contributed by atoms with Crippen LogP contribution in [0.25, 0.3) is 0 Å². The van der Waals surface area contributed by atoms with Gasteiger partial charge in [0.1, 0.15) is 5.75 Å². The SMILES string of the molecule is CCCC(Cl)C(C)c1ccc(OC(F)(F)F)cc1. The van der Waals surface area contributed by atoms with Gasteiger partial charge in [0.05, 0.1) is 0 Å². The second kappa shape index (κ2) is 6.32. The van der Waals surface area contributed by atoms with Gasteiger partial charge < -0.3 is 4.74 Å². The Hall–Kier alpha value is -0.900. The van der Waals surface area contributed by atoms with Gasteiger partial charge in [0.15, 0.2) is 0 Å². The quantitative estimate of drug-likeness (QED) is 0.682. The van der Waals surface area contributed by atoms with E-state index in [4.69, 9.17) is 11.6 Å². The van der Waals surface area contributed by atoms with E-state index in [-0.39, 0.29) is 17.0 Å². The number of alkyl halides is 4. The molecule has 0 fully saturated rings. The molecular formula is C13H16ClF3O. The molecule has 0 aliphatic heterocycles. The molecular weight excluding hydrogens is 265 g/mol. The molecule has 0 radical (unpaired) electrons. The van der Waals surface area contributed by atoms with Crippen LogP contribution in [-0.4, -0.2) is 11.7 Å². The minimum absolute atomic E-state index is 0.00983. The predicted octanol–water partition coefficient (Wildman–Crippen LogP) is 5.10. The summed E-state index contributed by atoms with van der Waals surface area (Å²) in [5.74, 6) is -0.105. The highest BCUT2D eigenvalue weighted by Gasteiger charge is 2.31. The van der Waals surface area contributed by atoms with Crippen molar-refractivity contribution in [2.45, 2.75) is 44.3 Å². The van der Waals surface area contributed by atoms with Gasteiger partial charge in [-0.3, -0.25) is 0 Å². The molecule has 0 aliphatic rings. The molecule has 0 aliphatic carbocycles. The van der Waals surface area contributed by atoms with Crippen molar-refractivity contribution in [2.24, 2.45) is 0 Å². The first-order valence-corrected chi connectivity index (χ1v) is 6.27. The third kappa shape index (κ3) is 4.77. The molecule has 1 nitrogen and oxygen atoms in total. The van der Waals surface area contributed by atoms with Gasteiger partial charge in [0.2, 0.25) is 0 Å². The lowest BCUT2D eigenvalue weighted by Crippen LogP contribution is -2.17. The Balaban J connectivity index is 2.70. The molecule has 0 amide bonds. The summed E-state index contributed by atoms with van der Waals surface area (Å²) in [5, 5.41) is -0.00983. The predicted molar refractivity (Wildman–Crippen MR) is 66.1 cm³/mol. The number of halogens is 4. The van der Waals surface area contributed by atoms with Crippen LogP contribution in [0.3, 0.4) is 0 Å². The molecule has 1 rings (SSSR count). The lowest BCUT2D eigenvalue weighted by Gasteiger charge is -2.18. The maximum atomic E-state index is 12.0. The van der Waals surface area contributed by atoms with Crippen molar-refractivity contribution in [3.8, 4) is 5.75 Å². The fourth-order valence-corrected chi connectivity index (χ4v) is 2.07. The molecule has 102 valence electrons. The maximum Gasteiger partial charge on any atom is 0.573 e. The smallest absolute Gasteiger partial charge is 0.406 e. The molecule has 0 spiro atoms. The van der Waals surface area contributed by atoms with Crippen LogP contribution in [-0.2, 0) is 0 Å². The van der Waals surface area contributed by atoms with Crippen LogP contribution in [0, 0.1) is 0 Å². The van der Waals surface area contributed by atoms with Crippen molar-refractivity contribution < 1.29 is 17.9 Å². The molecule has 0 N–H and O–H groups in total. The average Bonchev–Trinajstić information content (AvgIpc) is 2.27. The summed E-state index contributed by atoms with van der Waals surface area (Å²) in [5.41, 5.74) is 0.915. The molecule has 0 saturated carbocycles. The average molecular weight is 281 g/mol.